The van der Waals surface area contributed by atoms with Gasteiger partial charge < -0.3 is 9.26 Å². The Balaban J connectivity index is 1.55. The standard InChI is InChI=1S/C23H17F2N5O3/c24-14-8-6-13(7-9-14)22-27-21(28-33-22)18-20-23(31)29(11-15-3-2-10-32-15)19-16(25)4-1-5-17(19)30(20)12-26-18/h1,4-9,12,15H,2-3,10-11H2. The fraction of sp³-hybridized carbons (Fsp3) is 0.217. The minimum atomic E-state index is -0.502. The van der Waals surface area contributed by atoms with Crippen molar-refractivity contribution in [1.82, 2.24) is 24.1 Å². The smallest absolute Gasteiger partial charge is 0.277 e. The second kappa shape index (κ2) is 7.59. The lowest BCUT2D eigenvalue weighted by atomic mass is 10.2. The molecular formula is C23H17F2N5O3. The maximum atomic E-state index is 14.9. The number of nitrogens with zero attached hydrogens (tertiary/aromatic N) is 5. The molecule has 0 spiro atoms. The van der Waals surface area contributed by atoms with Crippen LogP contribution in [0.5, 0.6) is 0 Å². The van der Waals surface area contributed by atoms with Crippen molar-refractivity contribution in [2.24, 2.45) is 0 Å². The minimum absolute atomic E-state index is 0.105. The summed E-state index contributed by atoms with van der Waals surface area (Å²) in [6, 6.07) is 10.2. The van der Waals surface area contributed by atoms with Crippen LogP contribution in [0.15, 0.2) is 58.1 Å². The lowest BCUT2D eigenvalue weighted by Crippen LogP contribution is -2.29. The van der Waals surface area contributed by atoms with Crippen molar-refractivity contribution < 1.29 is 18.0 Å². The Hall–Kier alpha value is -3.92. The minimum Gasteiger partial charge on any atom is -0.376 e. The number of para-hydroxylation sites is 1. The first-order chi connectivity index (χ1) is 16.1. The normalized spacial score (nSPS) is 16.2. The third kappa shape index (κ3) is 3.21. The van der Waals surface area contributed by atoms with Crippen LogP contribution in [-0.4, -0.2) is 36.8 Å². The van der Waals surface area contributed by atoms with Crippen LogP contribution >= 0.6 is 0 Å². The molecule has 1 unspecified atom stereocenters. The zero-order valence-electron chi connectivity index (χ0n) is 17.2. The molecule has 4 heterocycles. The molecule has 1 fully saturated rings. The summed E-state index contributed by atoms with van der Waals surface area (Å²) in [7, 11) is 0. The fourth-order valence-corrected chi connectivity index (χ4v) is 4.29. The lowest BCUT2D eigenvalue weighted by molar-refractivity contribution is 0.0972. The summed E-state index contributed by atoms with van der Waals surface area (Å²) in [5, 5.41) is 3.98. The summed E-state index contributed by atoms with van der Waals surface area (Å²) in [4.78, 5) is 22.3. The molecule has 0 aliphatic carbocycles. The summed E-state index contributed by atoms with van der Waals surface area (Å²) < 4.78 is 42.1. The van der Waals surface area contributed by atoms with Gasteiger partial charge in [0.25, 0.3) is 11.4 Å². The van der Waals surface area contributed by atoms with Gasteiger partial charge in [-0.25, -0.2) is 13.8 Å². The van der Waals surface area contributed by atoms with Crippen molar-refractivity contribution in [2.45, 2.75) is 25.5 Å². The molecule has 1 saturated heterocycles. The summed E-state index contributed by atoms with van der Waals surface area (Å²) in [5.74, 6) is -0.617. The highest BCUT2D eigenvalue weighted by Crippen LogP contribution is 2.27. The van der Waals surface area contributed by atoms with E-state index in [4.69, 9.17) is 9.26 Å². The highest BCUT2D eigenvalue weighted by atomic mass is 19.1. The van der Waals surface area contributed by atoms with E-state index < -0.39 is 11.4 Å². The second-order valence-electron chi connectivity index (χ2n) is 7.90. The van der Waals surface area contributed by atoms with Crippen molar-refractivity contribution in [3.63, 3.8) is 0 Å². The van der Waals surface area contributed by atoms with E-state index in [0.29, 0.717) is 17.7 Å². The summed E-state index contributed by atoms with van der Waals surface area (Å²) >= 11 is 0. The molecule has 2 aromatic carbocycles. The van der Waals surface area contributed by atoms with E-state index >= 15 is 0 Å². The van der Waals surface area contributed by atoms with Crippen LogP contribution in [0.3, 0.4) is 0 Å². The zero-order valence-corrected chi connectivity index (χ0v) is 17.2. The summed E-state index contributed by atoms with van der Waals surface area (Å²) in [6.07, 6.45) is 2.97. The number of fused-ring (bicyclic) bond motifs is 3. The van der Waals surface area contributed by atoms with E-state index in [1.54, 1.807) is 12.1 Å². The SMILES string of the molecule is O=c1c2c(-c3noc(-c4ccc(F)cc4)n3)ncn2c2cccc(F)c2n1CC1CCCO1. The Morgan fingerprint density at radius 1 is 1.09 bits per heavy atom. The topological polar surface area (TPSA) is 87.5 Å². The Labute approximate surface area is 185 Å². The highest BCUT2D eigenvalue weighted by molar-refractivity contribution is 5.84. The quantitative estimate of drug-likeness (QED) is 0.415. The van der Waals surface area contributed by atoms with Crippen LogP contribution in [0.2, 0.25) is 0 Å². The number of ether oxygens (including phenoxy) is 1. The van der Waals surface area contributed by atoms with Gasteiger partial charge in [0.05, 0.1) is 18.2 Å². The molecule has 1 aliphatic rings. The Kier molecular flexibility index (Phi) is 4.54. The highest BCUT2D eigenvalue weighted by Gasteiger charge is 2.25. The van der Waals surface area contributed by atoms with E-state index in [2.05, 4.69) is 15.1 Å². The molecule has 0 bridgehead atoms. The zero-order chi connectivity index (χ0) is 22.5. The van der Waals surface area contributed by atoms with Crippen LogP contribution in [0.4, 0.5) is 8.78 Å². The largest absolute Gasteiger partial charge is 0.376 e. The lowest BCUT2D eigenvalue weighted by Gasteiger charge is -2.16. The first kappa shape index (κ1) is 19.7. The predicted molar refractivity (Wildman–Crippen MR) is 115 cm³/mol. The van der Waals surface area contributed by atoms with Crippen LogP contribution in [-0.2, 0) is 11.3 Å². The van der Waals surface area contributed by atoms with Crippen LogP contribution in [0.25, 0.3) is 39.5 Å². The first-order valence-corrected chi connectivity index (χ1v) is 10.5. The fourth-order valence-electron chi connectivity index (χ4n) is 4.29. The number of benzene rings is 2. The van der Waals surface area contributed by atoms with Gasteiger partial charge >= 0.3 is 0 Å². The Bertz CT molecular complexity index is 1550. The van der Waals surface area contributed by atoms with E-state index in [1.807, 2.05) is 0 Å². The van der Waals surface area contributed by atoms with Gasteiger partial charge in [0.1, 0.15) is 34.7 Å². The van der Waals surface area contributed by atoms with Crippen molar-refractivity contribution in [3.8, 4) is 23.0 Å². The summed E-state index contributed by atoms with van der Waals surface area (Å²) in [6.45, 7) is 0.847. The van der Waals surface area contributed by atoms with Crippen LogP contribution < -0.4 is 5.56 Å². The average molecular weight is 449 g/mol. The number of hydrogen-bond acceptors (Lipinski definition) is 6. The molecule has 0 saturated carbocycles. The molecule has 0 amide bonds. The molecule has 1 aliphatic heterocycles. The van der Waals surface area contributed by atoms with Crippen molar-refractivity contribution in [2.75, 3.05) is 6.61 Å². The van der Waals surface area contributed by atoms with Crippen molar-refractivity contribution in [1.29, 1.82) is 0 Å². The molecule has 1 atom stereocenters. The van der Waals surface area contributed by atoms with E-state index in [-0.39, 0.29) is 46.9 Å². The molecule has 10 heteroatoms. The Morgan fingerprint density at radius 2 is 1.94 bits per heavy atom. The Morgan fingerprint density at radius 3 is 2.73 bits per heavy atom. The van der Waals surface area contributed by atoms with Crippen LogP contribution in [0.1, 0.15) is 12.8 Å². The van der Waals surface area contributed by atoms with Gasteiger partial charge in [0, 0.05) is 12.2 Å². The summed E-state index contributed by atoms with van der Waals surface area (Å²) in [5.41, 5.74) is 1.20. The maximum Gasteiger partial charge on any atom is 0.277 e. The van der Waals surface area contributed by atoms with Gasteiger partial charge in [-0.15, -0.1) is 0 Å². The van der Waals surface area contributed by atoms with Gasteiger partial charge in [-0.2, -0.15) is 4.98 Å². The van der Waals surface area contributed by atoms with Crippen molar-refractivity contribution in [3.05, 3.63) is 70.8 Å². The number of aromatic nitrogens is 5. The second-order valence-corrected chi connectivity index (χ2v) is 7.90. The molecule has 166 valence electrons. The monoisotopic (exact) mass is 449 g/mol. The van der Waals surface area contributed by atoms with Crippen LogP contribution in [0, 0.1) is 11.6 Å². The molecule has 8 nitrogen and oxygen atoms in total. The molecular weight excluding hydrogens is 432 g/mol. The maximum absolute atomic E-state index is 14.9. The third-order valence-corrected chi connectivity index (χ3v) is 5.85. The first-order valence-electron chi connectivity index (χ1n) is 10.5. The van der Waals surface area contributed by atoms with E-state index in [9.17, 15) is 13.6 Å². The molecule has 5 aromatic rings. The van der Waals surface area contributed by atoms with E-state index in [1.165, 1.54) is 45.6 Å². The van der Waals surface area contributed by atoms with Crippen molar-refractivity contribution >= 4 is 16.6 Å². The molecule has 6 rings (SSSR count). The molecule has 33 heavy (non-hydrogen) atoms. The molecule has 0 N–H and O–H groups in total. The third-order valence-electron chi connectivity index (χ3n) is 5.85. The predicted octanol–water partition coefficient (Wildman–Crippen LogP) is 3.82. The molecule has 0 radical (unpaired) electrons. The van der Waals surface area contributed by atoms with Gasteiger partial charge in [-0.05, 0) is 49.2 Å². The number of imidazole rings is 1. The van der Waals surface area contributed by atoms with Gasteiger partial charge in [0.15, 0.2) is 0 Å². The van der Waals surface area contributed by atoms with Gasteiger partial charge in [-0.1, -0.05) is 11.2 Å². The van der Waals surface area contributed by atoms with E-state index in [0.717, 1.165) is 12.8 Å². The average Bonchev–Trinajstić information content (AvgIpc) is 3.58. The molecule has 3 aromatic heterocycles. The number of hydrogen-bond donors (Lipinski definition) is 0. The van der Waals surface area contributed by atoms with Gasteiger partial charge in [-0.3, -0.25) is 13.8 Å². The van der Waals surface area contributed by atoms with Gasteiger partial charge in [0.2, 0.25) is 5.82 Å². The number of rotatable bonds is 4. The number of halogens is 2.